The number of amides is 1. The lowest BCUT2D eigenvalue weighted by Crippen LogP contribution is -2.48. The van der Waals surface area contributed by atoms with Crippen LogP contribution in [-0.2, 0) is 25.5 Å². The van der Waals surface area contributed by atoms with E-state index in [0.717, 1.165) is 51.4 Å². The summed E-state index contributed by atoms with van der Waals surface area (Å²) in [6, 6.07) is 9.96. The van der Waals surface area contributed by atoms with Gasteiger partial charge < -0.3 is 9.64 Å². The number of ketones is 1. The molecular formula is C23H33NO4. The quantitative estimate of drug-likeness (QED) is 0.400. The second kappa shape index (κ2) is 12.3. The number of rotatable bonds is 12. The molecule has 0 aliphatic carbocycles. The summed E-state index contributed by atoms with van der Waals surface area (Å²) in [6.07, 6.45) is 8.43. The standard InChI is InChI=1S/C23H33NO4/c1-28-23(27)17-7-2-3-8-18-24-20(14-10-16-22(24)26)21(25)15-9-13-19-11-5-4-6-12-19/h4-6,11-12,20H,2-3,7-10,13-18H2,1H3. The number of carbonyl (C=O) groups is 3. The maximum Gasteiger partial charge on any atom is 0.305 e. The summed E-state index contributed by atoms with van der Waals surface area (Å²) >= 11 is 0. The van der Waals surface area contributed by atoms with E-state index in [4.69, 9.17) is 0 Å². The van der Waals surface area contributed by atoms with Crippen molar-refractivity contribution in [3.05, 3.63) is 35.9 Å². The van der Waals surface area contributed by atoms with Gasteiger partial charge in [0, 0.05) is 25.8 Å². The number of unbranched alkanes of at least 4 members (excludes halogenated alkanes) is 3. The molecule has 154 valence electrons. The Hall–Kier alpha value is -2.17. The molecule has 1 aliphatic rings. The molecule has 0 spiro atoms. The zero-order chi connectivity index (χ0) is 20.2. The molecule has 1 heterocycles. The molecule has 1 atom stereocenters. The Labute approximate surface area is 168 Å². The molecule has 1 unspecified atom stereocenters. The molecule has 1 aliphatic heterocycles. The van der Waals surface area contributed by atoms with Crippen molar-refractivity contribution in [2.75, 3.05) is 13.7 Å². The van der Waals surface area contributed by atoms with Gasteiger partial charge in [0.05, 0.1) is 13.2 Å². The summed E-state index contributed by atoms with van der Waals surface area (Å²) in [5, 5.41) is 0. The van der Waals surface area contributed by atoms with Gasteiger partial charge in [0.2, 0.25) is 5.91 Å². The van der Waals surface area contributed by atoms with Crippen molar-refractivity contribution in [1.82, 2.24) is 4.90 Å². The van der Waals surface area contributed by atoms with Crippen molar-refractivity contribution < 1.29 is 19.1 Å². The monoisotopic (exact) mass is 387 g/mol. The van der Waals surface area contributed by atoms with Crippen molar-refractivity contribution in [1.29, 1.82) is 0 Å². The molecule has 1 aromatic rings. The normalized spacial score (nSPS) is 16.8. The average molecular weight is 388 g/mol. The van der Waals surface area contributed by atoms with Crippen molar-refractivity contribution in [2.45, 2.75) is 76.7 Å². The molecule has 1 aromatic carbocycles. The molecule has 1 amide bonds. The molecule has 28 heavy (non-hydrogen) atoms. The zero-order valence-electron chi connectivity index (χ0n) is 17.0. The Morgan fingerprint density at radius 1 is 1.04 bits per heavy atom. The summed E-state index contributed by atoms with van der Waals surface area (Å²) < 4.78 is 4.64. The first-order valence-corrected chi connectivity index (χ1v) is 10.5. The first-order valence-electron chi connectivity index (χ1n) is 10.5. The van der Waals surface area contributed by atoms with Crippen LogP contribution in [0.5, 0.6) is 0 Å². The fourth-order valence-corrected chi connectivity index (χ4v) is 3.82. The average Bonchev–Trinajstić information content (AvgIpc) is 2.71. The van der Waals surface area contributed by atoms with Crippen LogP contribution < -0.4 is 0 Å². The first-order chi connectivity index (χ1) is 13.6. The maximum absolute atomic E-state index is 12.7. The lowest BCUT2D eigenvalue weighted by molar-refractivity contribution is -0.143. The Kier molecular flexibility index (Phi) is 9.73. The van der Waals surface area contributed by atoms with Gasteiger partial charge in [0.1, 0.15) is 0 Å². The van der Waals surface area contributed by atoms with E-state index >= 15 is 0 Å². The number of hydrogen-bond donors (Lipinski definition) is 0. The number of methoxy groups -OCH3 is 1. The predicted molar refractivity (Wildman–Crippen MR) is 109 cm³/mol. The van der Waals surface area contributed by atoms with Crippen LogP contribution >= 0.6 is 0 Å². The van der Waals surface area contributed by atoms with E-state index in [1.165, 1.54) is 12.7 Å². The van der Waals surface area contributed by atoms with E-state index in [1.54, 1.807) is 0 Å². The SMILES string of the molecule is COC(=O)CCCCCCN1C(=O)CCCC1C(=O)CCCc1ccccc1. The summed E-state index contributed by atoms with van der Waals surface area (Å²) in [5.74, 6) is 0.143. The smallest absolute Gasteiger partial charge is 0.305 e. The van der Waals surface area contributed by atoms with Gasteiger partial charge in [-0.1, -0.05) is 43.2 Å². The van der Waals surface area contributed by atoms with Crippen LogP contribution in [0.1, 0.15) is 69.8 Å². The molecule has 1 fully saturated rings. The number of aryl methyl sites for hydroxylation is 1. The highest BCUT2D eigenvalue weighted by molar-refractivity contribution is 5.90. The molecule has 5 nitrogen and oxygen atoms in total. The molecule has 5 heteroatoms. The number of carbonyl (C=O) groups excluding carboxylic acids is 3. The van der Waals surface area contributed by atoms with Gasteiger partial charge in [-0.25, -0.2) is 0 Å². The van der Waals surface area contributed by atoms with E-state index in [9.17, 15) is 14.4 Å². The number of hydrogen-bond acceptors (Lipinski definition) is 4. The van der Waals surface area contributed by atoms with Crippen LogP contribution in [0.2, 0.25) is 0 Å². The third-order valence-corrected chi connectivity index (χ3v) is 5.43. The topological polar surface area (TPSA) is 63.7 Å². The number of benzene rings is 1. The van der Waals surface area contributed by atoms with Crippen LogP contribution in [0.25, 0.3) is 0 Å². The Morgan fingerprint density at radius 3 is 2.54 bits per heavy atom. The minimum absolute atomic E-state index is 0.113. The number of esters is 1. The van der Waals surface area contributed by atoms with E-state index in [-0.39, 0.29) is 23.7 Å². The summed E-state index contributed by atoms with van der Waals surface area (Å²) in [5.41, 5.74) is 1.25. The van der Waals surface area contributed by atoms with Crippen molar-refractivity contribution in [3.8, 4) is 0 Å². The number of Topliss-reactive ketones (excluding diaryl/α,β-unsaturated/α-hetero) is 1. The second-order valence-electron chi connectivity index (χ2n) is 7.54. The number of ether oxygens (including phenoxy) is 1. The van der Waals surface area contributed by atoms with Crippen LogP contribution in [0, 0.1) is 0 Å². The van der Waals surface area contributed by atoms with E-state index in [0.29, 0.717) is 25.8 Å². The van der Waals surface area contributed by atoms with Gasteiger partial charge in [-0.2, -0.15) is 0 Å². The number of nitrogens with zero attached hydrogens (tertiary/aromatic N) is 1. The van der Waals surface area contributed by atoms with E-state index < -0.39 is 0 Å². The highest BCUT2D eigenvalue weighted by atomic mass is 16.5. The van der Waals surface area contributed by atoms with E-state index in [2.05, 4.69) is 16.9 Å². The molecule has 2 rings (SSSR count). The largest absolute Gasteiger partial charge is 0.469 e. The summed E-state index contributed by atoms with van der Waals surface area (Å²) in [7, 11) is 1.40. The third-order valence-electron chi connectivity index (χ3n) is 5.43. The molecule has 0 N–H and O–H groups in total. The van der Waals surface area contributed by atoms with Crippen molar-refractivity contribution in [3.63, 3.8) is 0 Å². The molecule has 0 aromatic heterocycles. The van der Waals surface area contributed by atoms with Crippen LogP contribution in [0.3, 0.4) is 0 Å². The lowest BCUT2D eigenvalue weighted by Gasteiger charge is -2.35. The fraction of sp³-hybridized carbons (Fsp3) is 0.609. The van der Waals surface area contributed by atoms with Crippen molar-refractivity contribution >= 4 is 17.7 Å². The third kappa shape index (κ3) is 7.45. The molecule has 0 bridgehead atoms. The summed E-state index contributed by atoms with van der Waals surface area (Å²) in [4.78, 5) is 38.0. The van der Waals surface area contributed by atoms with Gasteiger partial charge in [-0.15, -0.1) is 0 Å². The lowest BCUT2D eigenvalue weighted by atomic mass is 9.94. The van der Waals surface area contributed by atoms with Crippen LogP contribution in [-0.4, -0.2) is 42.3 Å². The van der Waals surface area contributed by atoms with Crippen LogP contribution in [0.15, 0.2) is 30.3 Å². The van der Waals surface area contributed by atoms with Crippen molar-refractivity contribution in [2.24, 2.45) is 0 Å². The number of piperidine rings is 1. The highest BCUT2D eigenvalue weighted by Gasteiger charge is 2.32. The van der Waals surface area contributed by atoms with Crippen LogP contribution in [0.4, 0.5) is 0 Å². The highest BCUT2D eigenvalue weighted by Crippen LogP contribution is 2.22. The fourth-order valence-electron chi connectivity index (χ4n) is 3.82. The molecule has 0 radical (unpaired) electrons. The minimum Gasteiger partial charge on any atom is -0.469 e. The minimum atomic E-state index is -0.243. The van der Waals surface area contributed by atoms with Gasteiger partial charge in [0.25, 0.3) is 0 Å². The Bertz CT molecular complexity index is 629. The Balaban J connectivity index is 1.73. The second-order valence-corrected chi connectivity index (χ2v) is 7.54. The van der Waals surface area contributed by atoms with E-state index in [1.807, 2.05) is 23.1 Å². The molecule has 1 saturated heterocycles. The predicted octanol–water partition coefficient (Wildman–Crippen LogP) is 4.08. The first kappa shape index (κ1) is 22.1. The molecule has 0 saturated carbocycles. The van der Waals surface area contributed by atoms with Gasteiger partial charge >= 0.3 is 5.97 Å². The Morgan fingerprint density at radius 2 is 1.79 bits per heavy atom. The van der Waals surface area contributed by atoms with Gasteiger partial charge in [-0.05, 0) is 44.1 Å². The van der Waals surface area contributed by atoms with Gasteiger partial charge in [-0.3, -0.25) is 14.4 Å². The maximum atomic E-state index is 12.7. The zero-order valence-corrected chi connectivity index (χ0v) is 17.0. The summed E-state index contributed by atoms with van der Waals surface area (Å²) in [6.45, 7) is 0.645. The van der Waals surface area contributed by atoms with Gasteiger partial charge in [0.15, 0.2) is 5.78 Å². The number of likely N-dealkylation sites (tertiary alicyclic amines) is 1. The molecular weight excluding hydrogens is 354 g/mol.